The monoisotopic (exact) mass is 465 g/mol. The van der Waals surface area contributed by atoms with Crippen LogP contribution in [0.15, 0.2) is 71.9 Å². The average Bonchev–Trinajstić information content (AvgIpc) is 3.18. The maximum Gasteiger partial charge on any atom is 0.248 e. The van der Waals surface area contributed by atoms with Crippen molar-refractivity contribution in [3.8, 4) is 5.82 Å². The van der Waals surface area contributed by atoms with Crippen LogP contribution in [0.4, 0.5) is 23.4 Å². The van der Waals surface area contributed by atoms with Crippen molar-refractivity contribution >= 4 is 33.4 Å². The van der Waals surface area contributed by atoms with Gasteiger partial charge in [0.1, 0.15) is 12.1 Å². The lowest BCUT2D eigenvalue weighted by Gasteiger charge is -2.22. The number of hydrogen-bond acceptors (Lipinski definition) is 9. The number of nitrogens with zero attached hydrogens (tertiary/aromatic N) is 6. The van der Waals surface area contributed by atoms with Crippen molar-refractivity contribution in [2.75, 3.05) is 22.5 Å². The van der Waals surface area contributed by atoms with Crippen molar-refractivity contribution in [1.29, 1.82) is 0 Å². The molecule has 33 heavy (non-hydrogen) atoms. The number of aromatic nitrogens is 5. The minimum atomic E-state index is -3.77. The van der Waals surface area contributed by atoms with Crippen molar-refractivity contribution in [3.05, 3.63) is 72.6 Å². The molecular formula is C21H23N9O2S. The van der Waals surface area contributed by atoms with Crippen molar-refractivity contribution in [1.82, 2.24) is 24.7 Å². The highest BCUT2D eigenvalue weighted by atomic mass is 32.2. The Morgan fingerprint density at radius 3 is 2.45 bits per heavy atom. The van der Waals surface area contributed by atoms with Gasteiger partial charge >= 0.3 is 0 Å². The Morgan fingerprint density at radius 2 is 1.79 bits per heavy atom. The summed E-state index contributed by atoms with van der Waals surface area (Å²) in [5, 5.41) is 12.5. The summed E-state index contributed by atoms with van der Waals surface area (Å²) in [7, 11) is -3.77. The topological polar surface area (TPSA) is 158 Å². The largest absolute Gasteiger partial charge is 0.368 e. The van der Waals surface area contributed by atoms with E-state index in [1.54, 1.807) is 18.2 Å². The van der Waals surface area contributed by atoms with E-state index >= 15 is 0 Å². The molecule has 0 aliphatic rings. The van der Waals surface area contributed by atoms with Gasteiger partial charge < -0.3 is 16.0 Å². The smallest absolute Gasteiger partial charge is 0.248 e. The van der Waals surface area contributed by atoms with Gasteiger partial charge in [-0.25, -0.2) is 23.5 Å². The number of sulfonamides is 1. The van der Waals surface area contributed by atoms with Gasteiger partial charge in [0.2, 0.25) is 21.9 Å². The molecule has 0 saturated heterocycles. The Bertz CT molecular complexity index is 1340. The molecular weight excluding hydrogens is 442 g/mol. The first-order valence-electron chi connectivity index (χ1n) is 10.1. The zero-order valence-corrected chi connectivity index (χ0v) is 18.6. The number of benzene rings is 2. The summed E-state index contributed by atoms with van der Waals surface area (Å²) in [6, 6.07) is 17.8. The van der Waals surface area contributed by atoms with Gasteiger partial charge in [0, 0.05) is 24.8 Å². The van der Waals surface area contributed by atoms with Gasteiger partial charge in [-0.05, 0) is 36.8 Å². The number of nitrogen functional groups attached to an aromatic ring is 1. The van der Waals surface area contributed by atoms with Crippen LogP contribution in [-0.2, 0) is 16.6 Å². The Labute approximate surface area is 191 Å². The van der Waals surface area contributed by atoms with E-state index in [1.807, 2.05) is 18.2 Å². The molecule has 0 aliphatic heterocycles. The highest BCUT2D eigenvalue weighted by Gasteiger charge is 2.14. The predicted molar refractivity (Wildman–Crippen MR) is 126 cm³/mol. The molecule has 11 nitrogen and oxygen atoms in total. The third kappa shape index (κ3) is 5.25. The summed E-state index contributed by atoms with van der Waals surface area (Å²) in [6.07, 6.45) is 1.46. The fourth-order valence-electron chi connectivity index (χ4n) is 3.19. The highest BCUT2D eigenvalue weighted by molar-refractivity contribution is 7.89. The maximum absolute atomic E-state index is 11.4. The lowest BCUT2D eigenvalue weighted by Crippen LogP contribution is -2.23. The van der Waals surface area contributed by atoms with Crippen LogP contribution in [-0.4, -0.2) is 39.7 Å². The minimum Gasteiger partial charge on any atom is -0.368 e. The van der Waals surface area contributed by atoms with Crippen LogP contribution in [0.5, 0.6) is 0 Å². The molecule has 0 aliphatic carbocycles. The van der Waals surface area contributed by atoms with E-state index in [4.69, 9.17) is 10.9 Å². The quantitative estimate of drug-likeness (QED) is 0.354. The molecule has 0 spiro atoms. The molecule has 2 heterocycles. The molecule has 0 unspecified atom stereocenters. The molecule has 170 valence electrons. The van der Waals surface area contributed by atoms with Gasteiger partial charge in [-0.15, -0.1) is 5.10 Å². The molecule has 4 aromatic rings. The Hall–Kier alpha value is -4.03. The Balaban J connectivity index is 1.55. The summed E-state index contributed by atoms with van der Waals surface area (Å²) in [4.78, 5) is 15.0. The molecule has 2 aromatic heterocycles. The van der Waals surface area contributed by atoms with E-state index in [0.29, 0.717) is 18.1 Å². The van der Waals surface area contributed by atoms with Crippen LogP contribution in [0.1, 0.15) is 12.5 Å². The van der Waals surface area contributed by atoms with Crippen molar-refractivity contribution in [3.63, 3.8) is 0 Å². The van der Waals surface area contributed by atoms with Crippen LogP contribution in [0.25, 0.3) is 5.82 Å². The molecule has 0 radical (unpaired) electrons. The summed E-state index contributed by atoms with van der Waals surface area (Å²) < 4.78 is 24.2. The van der Waals surface area contributed by atoms with Crippen molar-refractivity contribution < 1.29 is 8.42 Å². The molecule has 12 heteroatoms. The molecule has 0 amide bonds. The van der Waals surface area contributed by atoms with E-state index in [2.05, 4.69) is 49.3 Å². The number of primary sulfonamides is 1. The van der Waals surface area contributed by atoms with Gasteiger partial charge in [-0.3, -0.25) is 0 Å². The average molecular weight is 466 g/mol. The van der Waals surface area contributed by atoms with Crippen LogP contribution >= 0.6 is 0 Å². The predicted octanol–water partition coefficient (Wildman–Crippen LogP) is 2.06. The Morgan fingerprint density at radius 1 is 1.06 bits per heavy atom. The second kappa shape index (κ2) is 9.22. The third-order valence-corrected chi connectivity index (χ3v) is 5.78. The number of hydrogen-bond donors (Lipinski definition) is 3. The van der Waals surface area contributed by atoms with Gasteiger partial charge in [-0.2, -0.15) is 9.67 Å². The summed E-state index contributed by atoms with van der Waals surface area (Å²) in [5.74, 6) is 1.56. The van der Waals surface area contributed by atoms with Gasteiger partial charge in [0.05, 0.1) is 4.90 Å². The summed E-state index contributed by atoms with van der Waals surface area (Å²) in [5.41, 5.74) is 7.81. The molecule has 0 bridgehead atoms. The molecule has 4 rings (SSSR count). The molecule has 5 N–H and O–H groups in total. The first kappa shape index (κ1) is 22.2. The fraction of sp³-hybridized carbons (Fsp3) is 0.143. The Kier molecular flexibility index (Phi) is 6.20. The minimum absolute atomic E-state index is 0.00977. The molecule has 0 saturated carbocycles. The van der Waals surface area contributed by atoms with E-state index in [9.17, 15) is 8.42 Å². The lowest BCUT2D eigenvalue weighted by molar-refractivity contribution is 0.598. The molecule has 0 atom stereocenters. The van der Waals surface area contributed by atoms with Crippen molar-refractivity contribution in [2.45, 2.75) is 18.4 Å². The van der Waals surface area contributed by atoms with Crippen LogP contribution in [0.2, 0.25) is 0 Å². The van der Waals surface area contributed by atoms with Crippen LogP contribution in [0.3, 0.4) is 0 Å². The number of nitrogens with one attached hydrogen (secondary N) is 1. The van der Waals surface area contributed by atoms with Crippen LogP contribution in [0, 0.1) is 0 Å². The molecule has 0 fully saturated rings. The fourth-order valence-corrected chi connectivity index (χ4v) is 3.70. The van der Waals surface area contributed by atoms with Gasteiger partial charge in [0.15, 0.2) is 5.82 Å². The van der Waals surface area contributed by atoms with Crippen molar-refractivity contribution in [2.24, 2.45) is 5.14 Å². The van der Waals surface area contributed by atoms with E-state index in [1.165, 1.54) is 28.7 Å². The number of anilines is 4. The third-order valence-electron chi connectivity index (χ3n) is 4.85. The lowest BCUT2D eigenvalue weighted by atomic mass is 10.2. The van der Waals surface area contributed by atoms with E-state index < -0.39 is 10.0 Å². The second-order valence-electron chi connectivity index (χ2n) is 7.13. The van der Waals surface area contributed by atoms with Crippen LogP contribution < -0.4 is 21.1 Å². The first-order chi connectivity index (χ1) is 15.8. The van der Waals surface area contributed by atoms with E-state index in [0.717, 1.165) is 12.4 Å². The number of nitrogens with two attached hydrogens (primary N) is 2. The standard InChI is InChI=1S/C21H23N9O2S/c1-2-29(13-15-6-4-3-5-7-15)18-12-19(25-14-24-18)30-20(22)27-21(28-30)26-16-8-10-17(11-9-16)33(23,31)32/h3-12,14H,2,13H2,1H3,(H2,23,31,32)(H3,22,26,27,28). The summed E-state index contributed by atoms with van der Waals surface area (Å²) in [6.45, 7) is 3.50. The zero-order chi connectivity index (χ0) is 23.4. The zero-order valence-electron chi connectivity index (χ0n) is 17.8. The normalized spacial score (nSPS) is 11.3. The summed E-state index contributed by atoms with van der Waals surface area (Å²) >= 11 is 0. The number of rotatable bonds is 8. The second-order valence-corrected chi connectivity index (χ2v) is 8.70. The maximum atomic E-state index is 11.4. The highest BCUT2D eigenvalue weighted by Crippen LogP contribution is 2.21. The SMILES string of the molecule is CCN(Cc1ccccc1)c1cc(-n2nc(Nc3ccc(S(N)(=O)=O)cc3)nc2N)ncn1. The van der Waals surface area contributed by atoms with Gasteiger partial charge in [0.25, 0.3) is 0 Å². The van der Waals surface area contributed by atoms with E-state index in [-0.39, 0.29) is 16.8 Å². The molecule has 2 aromatic carbocycles. The van der Waals surface area contributed by atoms with Gasteiger partial charge in [-0.1, -0.05) is 30.3 Å². The first-order valence-corrected chi connectivity index (χ1v) is 11.6.